The van der Waals surface area contributed by atoms with Crippen molar-refractivity contribution in [3.05, 3.63) is 40.3 Å². The lowest BCUT2D eigenvalue weighted by molar-refractivity contribution is 0.202. The van der Waals surface area contributed by atoms with Gasteiger partial charge in [0.15, 0.2) is 11.6 Å². The fourth-order valence-electron chi connectivity index (χ4n) is 2.44. The third-order valence-corrected chi connectivity index (χ3v) is 5.48. The van der Waals surface area contributed by atoms with Crippen LogP contribution in [0.5, 0.6) is 5.75 Å². The van der Waals surface area contributed by atoms with Crippen LogP contribution in [0, 0.1) is 5.82 Å². The van der Waals surface area contributed by atoms with Crippen LogP contribution >= 0.6 is 46.9 Å². The summed E-state index contributed by atoms with van der Waals surface area (Å²) in [5, 5.41) is 22.1. The van der Waals surface area contributed by atoms with Crippen molar-refractivity contribution in [2.75, 3.05) is 18.5 Å². The summed E-state index contributed by atoms with van der Waals surface area (Å²) in [5.41, 5.74) is 6.64. The number of hydrogen-bond donors (Lipinski definition) is 3. The summed E-state index contributed by atoms with van der Waals surface area (Å²) in [6.07, 6.45) is 1.64. The molecule has 1 atom stereocenters. The van der Waals surface area contributed by atoms with E-state index in [1.807, 2.05) is 13.8 Å². The molecular weight excluding hydrogens is 488 g/mol. The van der Waals surface area contributed by atoms with E-state index in [9.17, 15) is 4.39 Å². The van der Waals surface area contributed by atoms with Gasteiger partial charge in [0.25, 0.3) is 0 Å². The highest BCUT2D eigenvalue weighted by molar-refractivity contribution is 7.18. The SMILES string of the molecule is CC(C)Nc1ncc(-c2nnc(-c3cc(F)c(OC[C@H](N)CO)cc3Cl)s2)cc1Cl.Cl. The van der Waals surface area contributed by atoms with Crippen LogP contribution in [0.2, 0.25) is 10.0 Å². The van der Waals surface area contributed by atoms with Crippen molar-refractivity contribution in [2.45, 2.75) is 25.9 Å². The molecule has 168 valence electrons. The van der Waals surface area contributed by atoms with Gasteiger partial charge in [-0.05, 0) is 26.0 Å². The van der Waals surface area contributed by atoms with E-state index in [0.717, 1.165) is 0 Å². The summed E-state index contributed by atoms with van der Waals surface area (Å²) < 4.78 is 19.7. The number of aromatic nitrogens is 3. The van der Waals surface area contributed by atoms with E-state index >= 15 is 0 Å². The van der Waals surface area contributed by atoms with Crippen molar-refractivity contribution in [1.82, 2.24) is 15.2 Å². The number of rotatable bonds is 8. The fraction of sp³-hybridized carbons (Fsp3) is 0.316. The predicted molar refractivity (Wildman–Crippen MR) is 125 cm³/mol. The number of anilines is 1. The van der Waals surface area contributed by atoms with Crippen LogP contribution in [0.1, 0.15) is 13.8 Å². The fourth-order valence-corrected chi connectivity index (χ4v) is 3.81. The molecule has 1 aromatic carbocycles. The van der Waals surface area contributed by atoms with Crippen molar-refractivity contribution < 1.29 is 14.2 Å². The van der Waals surface area contributed by atoms with Gasteiger partial charge in [-0.1, -0.05) is 34.5 Å². The molecule has 0 unspecified atom stereocenters. The predicted octanol–water partition coefficient (Wildman–Crippen LogP) is 4.65. The lowest BCUT2D eigenvalue weighted by Crippen LogP contribution is -2.31. The number of benzene rings is 1. The Morgan fingerprint density at radius 3 is 2.55 bits per heavy atom. The van der Waals surface area contributed by atoms with E-state index in [0.29, 0.717) is 32.0 Å². The second-order valence-electron chi connectivity index (χ2n) is 6.78. The van der Waals surface area contributed by atoms with E-state index in [2.05, 4.69) is 20.5 Å². The molecular formula is C19H21Cl3FN5O2S. The maximum Gasteiger partial charge on any atom is 0.165 e. The standard InChI is InChI=1S/C19H20Cl2FN5O2S.ClH/c1-9(2)25-17-14(21)3-10(6-24-17)18-26-27-19(30-18)12-4-15(22)16(5-13(12)20)29-8-11(23)7-28;/h3-6,9,11,28H,7-8,23H2,1-2H3,(H,24,25);1H/t11-;/m1./s1. The molecule has 0 aliphatic rings. The first-order valence-electron chi connectivity index (χ1n) is 9.03. The largest absolute Gasteiger partial charge is 0.489 e. The molecule has 0 fully saturated rings. The number of nitrogens with one attached hydrogen (secondary N) is 1. The van der Waals surface area contributed by atoms with Gasteiger partial charge in [0.05, 0.1) is 22.7 Å². The summed E-state index contributed by atoms with van der Waals surface area (Å²) in [6, 6.07) is 3.90. The molecule has 12 heteroatoms. The van der Waals surface area contributed by atoms with Crippen molar-refractivity contribution in [2.24, 2.45) is 5.73 Å². The summed E-state index contributed by atoms with van der Waals surface area (Å²) in [5.74, 6) is -0.0894. The summed E-state index contributed by atoms with van der Waals surface area (Å²) >= 11 is 13.8. The maximum absolute atomic E-state index is 14.4. The Kier molecular flexibility index (Phi) is 9.23. The third kappa shape index (κ3) is 6.38. The monoisotopic (exact) mass is 507 g/mol. The molecule has 0 bridgehead atoms. The topological polar surface area (TPSA) is 106 Å². The van der Waals surface area contributed by atoms with Crippen molar-refractivity contribution in [1.29, 1.82) is 0 Å². The van der Waals surface area contributed by atoms with Gasteiger partial charge in [-0.2, -0.15) is 0 Å². The molecule has 0 saturated heterocycles. The van der Waals surface area contributed by atoms with Gasteiger partial charge in [-0.25, -0.2) is 9.37 Å². The number of pyridine rings is 1. The van der Waals surface area contributed by atoms with E-state index < -0.39 is 11.9 Å². The second kappa shape index (κ2) is 11.2. The maximum atomic E-state index is 14.4. The van der Waals surface area contributed by atoms with Crippen LogP contribution < -0.4 is 15.8 Å². The van der Waals surface area contributed by atoms with Crippen LogP contribution in [-0.4, -0.2) is 45.6 Å². The number of ether oxygens (including phenoxy) is 1. The zero-order valence-corrected chi connectivity index (χ0v) is 19.7. The van der Waals surface area contributed by atoms with Crippen molar-refractivity contribution in [3.8, 4) is 26.9 Å². The number of nitrogens with zero attached hydrogens (tertiary/aromatic N) is 3. The third-order valence-electron chi connectivity index (χ3n) is 3.88. The summed E-state index contributed by atoms with van der Waals surface area (Å²) in [4.78, 5) is 4.33. The summed E-state index contributed by atoms with van der Waals surface area (Å²) in [7, 11) is 0. The molecule has 0 spiro atoms. The molecule has 31 heavy (non-hydrogen) atoms. The molecule has 0 amide bonds. The van der Waals surface area contributed by atoms with E-state index in [4.69, 9.17) is 38.8 Å². The Bertz CT molecular complexity index is 1040. The van der Waals surface area contributed by atoms with Crippen molar-refractivity contribution in [3.63, 3.8) is 0 Å². The molecule has 0 radical (unpaired) electrons. The Hall–Kier alpha value is -1.75. The van der Waals surface area contributed by atoms with Crippen LogP contribution in [0.3, 0.4) is 0 Å². The zero-order chi connectivity index (χ0) is 21.8. The molecule has 0 aliphatic carbocycles. The molecule has 3 aromatic rings. The van der Waals surface area contributed by atoms with Crippen LogP contribution in [-0.2, 0) is 0 Å². The Labute approximate surface area is 199 Å². The van der Waals surface area contributed by atoms with Crippen LogP contribution in [0.4, 0.5) is 10.2 Å². The molecule has 0 aliphatic heterocycles. The first-order valence-corrected chi connectivity index (χ1v) is 10.6. The zero-order valence-electron chi connectivity index (χ0n) is 16.6. The van der Waals surface area contributed by atoms with Gasteiger partial charge in [0, 0.05) is 29.4 Å². The van der Waals surface area contributed by atoms with Crippen molar-refractivity contribution >= 4 is 52.8 Å². The van der Waals surface area contributed by atoms with Gasteiger partial charge < -0.3 is 20.9 Å². The molecule has 2 aromatic heterocycles. The normalized spacial score (nSPS) is 11.9. The molecule has 0 saturated carbocycles. The van der Waals surface area contributed by atoms with Gasteiger partial charge in [-0.3, -0.25) is 0 Å². The van der Waals surface area contributed by atoms with Gasteiger partial charge in [-0.15, -0.1) is 22.6 Å². The quantitative estimate of drug-likeness (QED) is 0.406. The van der Waals surface area contributed by atoms with Gasteiger partial charge >= 0.3 is 0 Å². The number of aliphatic hydroxyl groups excluding tert-OH is 1. The van der Waals surface area contributed by atoms with E-state index in [1.165, 1.54) is 23.5 Å². The minimum atomic E-state index is -0.620. The number of hydrogen-bond acceptors (Lipinski definition) is 8. The first kappa shape index (κ1) is 25.5. The smallest absolute Gasteiger partial charge is 0.165 e. The van der Waals surface area contributed by atoms with E-state index in [1.54, 1.807) is 12.3 Å². The first-order chi connectivity index (χ1) is 14.3. The van der Waals surface area contributed by atoms with Crippen LogP contribution in [0.25, 0.3) is 21.1 Å². The Morgan fingerprint density at radius 2 is 1.90 bits per heavy atom. The highest BCUT2D eigenvalue weighted by atomic mass is 35.5. The lowest BCUT2D eigenvalue weighted by atomic mass is 10.2. The number of halogens is 4. The average molecular weight is 509 g/mol. The van der Waals surface area contributed by atoms with Crippen LogP contribution in [0.15, 0.2) is 24.4 Å². The Balaban J connectivity index is 0.00000341. The lowest BCUT2D eigenvalue weighted by Gasteiger charge is -2.12. The minimum absolute atomic E-state index is 0. The second-order valence-corrected chi connectivity index (χ2v) is 8.57. The molecule has 3 rings (SSSR count). The average Bonchev–Trinajstić information content (AvgIpc) is 3.19. The molecule has 4 N–H and O–H groups in total. The highest BCUT2D eigenvalue weighted by Gasteiger charge is 2.17. The molecule has 2 heterocycles. The summed E-state index contributed by atoms with van der Waals surface area (Å²) in [6.45, 7) is 3.67. The number of aliphatic hydroxyl groups is 1. The Morgan fingerprint density at radius 1 is 1.19 bits per heavy atom. The highest BCUT2D eigenvalue weighted by Crippen LogP contribution is 2.37. The van der Waals surface area contributed by atoms with Gasteiger partial charge in [0.1, 0.15) is 22.4 Å². The van der Waals surface area contributed by atoms with Gasteiger partial charge in [0.2, 0.25) is 0 Å². The number of nitrogens with two attached hydrogens (primary N) is 1. The minimum Gasteiger partial charge on any atom is -0.489 e. The molecule has 7 nitrogen and oxygen atoms in total. The van der Waals surface area contributed by atoms with E-state index in [-0.39, 0.29) is 42.4 Å².